The Kier molecular flexibility index (Phi) is 16.7. The van der Waals surface area contributed by atoms with Crippen molar-refractivity contribution in [3.63, 3.8) is 0 Å². The Morgan fingerprint density at radius 2 is 0.917 bits per heavy atom. The van der Waals surface area contributed by atoms with Crippen molar-refractivity contribution in [2.45, 2.75) is 109 Å². The predicted molar refractivity (Wildman–Crippen MR) is 213 cm³/mol. The summed E-state index contributed by atoms with van der Waals surface area (Å²) >= 11 is 0. The number of ether oxygens (including phenoxy) is 10. The molecular weight excluding hydrogens is 776 g/mol. The number of aliphatic hydroxyl groups excluding tert-OH is 1. The molecule has 10 atom stereocenters. The van der Waals surface area contributed by atoms with E-state index in [1.807, 2.05) is 121 Å². The lowest BCUT2D eigenvalue weighted by molar-refractivity contribution is -0.366. The van der Waals surface area contributed by atoms with E-state index in [1.54, 1.807) is 0 Å². The van der Waals surface area contributed by atoms with Crippen molar-refractivity contribution in [2.75, 3.05) is 13.2 Å². The second-order valence-electron chi connectivity index (χ2n) is 14.4. The predicted octanol–water partition coefficient (Wildman–Crippen LogP) is 5.21. The highest BCUT2D eigenvalue weighted by Gasteiger charge is 2.55. The van der Waals surface area contributed by atoms with Crippen LogP contribution in [0.15, 0.2) is 121 Å². The van der Waals surface area contributed by atoms with Crippen LogP contribution in [0, 0.1) is 0 Å². The highest BCUT2D eigenvalue weighted by molar-refractivity contribution is 5.67. The van der Waals surface area contributed by atoms with Crippen molar-refractivity contribution >= 4 is 17.9 Å². The minimum atomic E-state index is -1.65. The molecule has 4 aromatic rings. The van der Waals surface area contributed by atoms with Crippen molar-refractivity contribution in [1.82, 2.24) is 0 Å². The molecule has 0 radical (unpaired) electrons. The third kappa shape index (κ3) is 13.0. The standard InChI is InChI=1S/C46H52O14/c1-30(47)52-29-38-40(42(56-31(2)48)43(45(50)58-38)55-27-36-22-14-7-15-23-36)60-46-44(57-32(3)49)41(54-26-35-20-12-6-13-21-35)39(53-25-34-18-10-5-11-19-34)37(59-46)28-51-24-33-16-8-4-9-17-33/h4-23,37-46,50H,24-29H2,1-3H3/t37-,38-,39+,40+,41+,42+,43-,44-,45-,46+/m1/s1. The molecule has 2 fully saturated rings. The van der Waals surface area contributed by atoms with Crippen LogP contribution in [0.4, 0.5) is 0 Å². The van der Waals surface area contributed by atoms with Gasteiger partial charge in [0, 0.05) is 20.8 Å². The van der Waals surface area contributed by atoms with E-state index in [0.29, 0.717) is 0 Å². The zero-order chi connectivity index (χ0) is 42.3. The summed E-state index contributed by atoms with van der Waals surface area (Å²) in [5.41, 5.74) is 3.41. The Labute approximate surface area is 349 Å². The molecule has 14 nitrogen and oxygen atoms in total. The molecule has 0 spiro atoms. The van der Waals surface area contributed by atoms with Crippen LogP contribution in [0.25, 0.3) is 0 Å². The maximum Gasteiger partial charge on any atom is 0.303 e. The Bertz CT molecular complexity index is 1900. The monoisotopic (exact) mass is 828 g/mol. The van der Waals surface area contributed by atoms with Crippen molar-refractivity contribution in [3.05, 3.63) is 144 Å². The summed E-state index contributed by atoms with van der Waals surface area (Å²) < 4.78 is 62.3. The van der Waals surface area contributed by atoms with Gasteiger partial charge in [-0.2, -0.15) is 0 Å². The Hall–Kier alpha value is -5.03. The van der Waals surface area contributed by atoms with Crippen LogP contribution in [0.3, 0.4) is 0 Å². The summed E-state index contributed by atoms with van der Waals surface area (Å²) in [4.78, 5) is 37.8. The molecule has 6 rings (SSSR count). The van der Waals surface area contributed by atoms with Gasteiger partial charge in [0.25, 0.3) is 0 Å². The first-order valence-electron chi connectivity index (χ1n) is 19.8. The van der Waals surface area contributed by atoms with E-state index < -0.39 is 85.9 Å². The van der Waals surface area contributed by atoms with E-state index in [9.17, 15) is 19.5 Å². The molecule has 0 saturated carbocycles. The molecule has 4 aromatic carbocycles. The van der Waals surface area contributed by atoms with Crippen LogP contribution in [0.2, 0.25) is 0 Å². The van der Waals surface area contributed by atoms with E-state index in [1.165, 1.54) is 20.8 Å². The number of hydrogen-bond acceptors (Lipinski definition) is 14. The van der Waals surface area contributed by atoms with Crippen LogP contribution < -0.4 is 0 Å². The Morgan fingerprint density at radius 1 is 0.483 bits per heavy atom. The van der Waals surface area contributed by atoms with Crippen molar-refractivity contribution in [1.29, 1.82) is 0 Å². The summed E-state index contributed by atoms with van der Waals surface area (Å²) in [6.45, 7) is 3.75. The fraction of sp³-hybridized carbons (Fsp3) is 0.413. The van der Waals surface area contributed by atoms with Gasteiger partial charge in [-0.15, -0.1) is 0 Å². The topological polar surface area (TPSA) is 164 Å². The second-order valence-corrected chi connectivity index (χ2v) is 14.4. The molecule has 320 valence electrons. The van der Waals surface area contributed by atoms with Gasteiger partial charge in [0.2, 0.25) is 0 Å². The molecular formula is C46H52O14. The fourth-order valence-corrected chi connectivity index (χ4v) is 7.05. The van der Waals surface area contributed by atoms with Gasteiger partial charge in [0.05, 0.1) is 33.0 Å². The molecule has 0 bridgehead atoms. The number of rotatable bonds is 19. The number of esters is 3. The van der Waals surface area contributed by atoms with E-state index in [4.69, 9.17) is 47.4 Å². The number of benzene rings is 4. The first kappa shape index (κ1) is 44.5. The van der Waals surface area contributed by atoms with Gasteiger partial charge in [-0.05, 0) is 22.3 Å². The van der Waals surface area contributed by atoms with E-state index in [-0.39, 0.29) is 33.0 Å². The summed E-state index contributed by atoms with van der Waals surface area (Å²) in [5, 5.41) is 11.3. The normalized spacial score (nSPS) is 26.5. The first-order chi connectivity index (χ1) is 29.1. The van der Waals surface area contributed by atoms with Crippen LogP contribution >= 0.6 is 0 Å². The van der Waals surface area contributed by atoms with Crippen LogP contribution in [-0.2, 0) is 88.2 Å². The average molecular weight is 829 g/mol. The third-order valence-electron chi connectivity index (χ3n) is 9.80. The number of carbonyl (C=O) groups excluding carboxylic acids is 3. The number of carbonyl (C=O) groups is 3. The fourth-order valence-electron chi connectivity index (χ4n) is 7.05. The van der Waals surface area contributed by atoms with E-state index in [0.717, 1.165) is 22.3 Å². The van der Waals surface area contributed by atoms with Gasteiger partial charge in [0.15, 0.2) is 24.8 Å². The third-order valence-corrected chi connectivity index (χ3v) is 9.80. The second kappa shape index (κ2) is 22.5. The quantitative estimate of drug-likeness (QED) is 0.0968. The van der Waals surface area contributed by atoms with E-state index >= 15 is 0 Å². The van der Waals surface area contributed by atoms with Crippen LogP contribution in [-0.4, -0.2) is 97.6 Å². The zero-order valence-electron chi connectivity index (χ0n) is 33.8. The molecule has 2 saturated heterocycles. The molecule has 60 heavy (non-hydrogen) atoms. The summed E-state index contributed by atoms with van der Waals surface area (Å²) in [6, 6.07) is 37.8. The molecule has 0 unspecified atom stereocenters. The van der Waals surface area contributed by atoms with Crippen molar-refractivity contribution in [2.24, 2.45) is 0 Å². The maximum absolute atomic E-state index is 13.0. The van der Waals surface area contributed by atoms with Gasteiger partial charge < -0.3 is 52.5 Å². The zero-order valence-corrected chi connectivity index (χ0v) is 33.8. The van der Waals surface area contributed by atoms with Crippen molar-refractivity contribution in [3.8, 4) is 0 Å². The lowest BCUT2D eigenvalue weighted by Gasteiger charge is -2.49. The minimum Gasteiger partial charge on any atom is -0.463 e. The largest absolute Gasteiger partial charge is 0.463 e. The highest BCUT2D eigenvalue weighted by Crippen LogP contribution is 2.35. The average Bonchev–Trinajstić information content (AvgIpc) is 3.24. The smallest absolute Gasteiger partial charge is 0.303 e. The molecule has 2 heterocycles. The lowest BCUT2D eigenvalue weighted by atomic mass is 9.96. The van der Waals surface area contributed by atoms with Crippen molar-refractivity contribution < 1.29 is 66.9 Å². The summed E-state index contributed by atoms with van der Waals surface area (Å²) in [5.74, 6) is -2.01. The van der Waals surface area contributed by atoms with Gasteiger partial charge in [-0.3, -0.25) is 14.4 Å². The molecule has 0 amide bonds. The molecule has 0 aromatic heterocycles. The summed E-state index contributed by atoms with van der Waals surface area (Å²) in [7, 11) is 0. The number of aliphatic hydroxyl groups is 1. The molecule has 1 N–H and O–H groups in total. The van der Waals surface area contributed by atoms with Gasteiger partial charge in [-0.25, -0.2) is 0 Å². The summed E-state index contributed by atoms with van der Waals surface area (Å²) in [6.07, 6.45) is -12.4. The Morgan fingerprint density at radius 3 is 1.40 bits per heavy atom. The molecule has 2 aliphatic heterocycles. The molecule has 14 heteroatoms. The molecule has 2 aliphatic rings. The number of hydrogen-bond donors (Lipinski definition) is 1. The van der Waals surface area contributed by atoms with Gasteiger partial charge in [0.1, 0.15) is 43.2 Å². The molecule has 0 aliphatic carbocycles. The van der Waals surface area contributed by atoms with Gasteiger partial charge >= 0.3 is 17.9 Å². The highest BCUT2D eigenvalue weighted by atomic mass is 16.8. The Balaban J connectivity index is 1.37. The minimum absolute atomic E-state index is 0.0116. The SMILES string of the molecule is CC(=O)OC[C@H]1O[C@@H](O)[C@H](OCc2ccccc2)[C@@H](OC(C)=O)[C@H]1O[C@@H]1O[C@H](COCc2ccccc2)[C@H](OCc2ccccc2)[C@H](OCc2ccccc2)[C@H]1OC(C)=O. The van der Waals surface area contributed by atoms with Gasteiger partial charge in [-0.1, -0.05) is 121 Å². The van der Waals surface area contributed by atoms with Crippen LogP contribution in [0.1, 0.15) is 43.0 Å². The van der Waals surface area contributed by atoms with Crippen LogP contribution in [0.5, 0.6) is 0 Å². The maximum atomic E-state index is 13.0. The lowest BCUT2D eigenvalue weighted by Crippen LogP contribution is -2.66. The first-order valence-corrected chi connectivity index (χ1v) is 19.8. The van der Waals surface area contributed by atoms with E-state index in [2.05, 4.69) is 0 Å².